The Labute approximate surface area is 123 Å². The molecule has 0 spiro atoms. The lowest BCUT2D eigenvalue weighted by atomic mass is 10.0. The predicted molar refractivity (Wildman–Crippen MR) is 74.7 cm³/mol. The number of ether oxygens (including phenoxy) is 1. The van der Waals surface area contributed by atoms with Crippen LogP contribution in [-0.2, 0) is 11.2 Å². The standard InChI is InChI=1S/C14H9ClO4S/c15-14(13(17)18)7-9-6-8(3-4-10(9)19-14)12(16)11-2-1-5-20-11/h1-6H,7H2,(H,17,18). The number of halogens is 1. The van der Waals surface area contributed by atoms with E-state index in [1.54, 1.807) is 24.3 Å². The highest BCUT2D eigenvalue weighted by Gasteiger charge is 2.45. The summed E-state index contributed by atoms with van der Waals surface area (Å²) in [4.78, 5) is 23.9. The zero-order chi connectivity index (χ0) is 14.3. The van der Waals surface area contributed by atoms with Crippen LogP contribution in [0, 0.1) is 0 Å². The van der Waals surface area contributed by atoms with Crippen LogP contribution in [0.2, 0.25) is 0 Å². The molecule has 0 saturated heterocycles. The van der Waals surface area contributed by atoms with Gasteiger partial charge in [0.05, 0.1) is 4.88 Å². The fourth-order valence-electron chi connectivity index (χ4n) is 2.08. The molecule has 2 heterocycles. The summed E-state index contributed by atoms with van der Waals surface area (Å²) in [5, 5.41) is 9.11. The number of alkyl halides is 1. The van der Waals surface area contributed by atoms with Crippen molar-refractivity contribution in [1.82, 2.24) is 0 Å². The van der Waals surface area contributed by atoms with Crippen LogP contribution in [0.5, 0.6) is 5.75 Å². The maximum Gasteiger partial charge on any atom is 0.364 e. The molecular formula is C14H9ClO4S. The Kier molecular flexibility index (Phi) is 3.03. The molecular weight excluding hydrogens is 300 g/mol. The molecule has 0 bridgehead atoms. The minimum absolute atomic E-state index is 0.0325. The molecule has 0 aliphatic carbocycles. The Morgan fingerprint density at radius 3 is 2.80 bits per heavy atom. The SMILES string of the molecule is O=C(c1ccc2c(c1)CC(Cl)(C(=O)O)O2)c1cccs1. The Bertz CT molecular complexity index is 695. The number of hydrogen-bond acceptors (Lipinski definition) is 4. The van der Waals surface area contributed by atoms with Gasteiger partial charge in [-0.25, -0.2) is 4.79 Å². The third-order valence-electron chi connectivity index (χ3n) is 3.08. The fraction of sp³-hybridized carbons (Fsp3) is 0.143. The number of carbonyl (C=O) groups is 2. The van der Waals surface area contributed by atoms with E-state index in [4.69, 9.17) is 21.4 Å². The smallest absolute Gasteiger partial charge is 0.364 e. The van der Waals surface area contributed by atoms with Gasteiger partial charge in [0.1, 0.15) is 5.75 Å². The van der Waals surface area contributed by atoms with E-state index in [0.29, 0.717) is 21.8 Å². The Balaban J connectivity index is 1.94. The monoisotopic (exact) mass is 308 g/mol. The molecule has 1 N–H and O–H groups in total. The number of carboxylic acids is 1. The summed E-state index contributed by atoms with van der Waals surface area (Å²) >= 11 is 7.26. The molecule has 0 radical (unpaired) electrons. The van der Waals surface area contributed by atoms with E-state index in [9.17, 15) is 9.59 Å². The minimum Gasteiger partial charge on any atom is -0.477 e. The van der Waals surface area contributed by atoms with Gasteiger partial charge < -0.3 is 9.84 Å². The van der Waals surface area contributed by atoms with Crippen molar-refractivity contribution in [3.05, 3.63) is 51.7 Å². The number of aliphatic carboxylic acids is 1. The van der Waals surface area contributed by atoms with Gasteiger partial charge in [-0.3, -0.25) is 4.79 Å². The number of fused-ring (bicyclic) bond motifs is 1. The molecule has 0 amide bonds. The molecule has 0 fully saturated rings. The molecule has 4 nitrogen and oxygen atoms in total. The first-order valence-electron chi connectivity index (χ1n) is 5.82. The molecule has 1 aromatic carbocycles. The number of thiophene rings is 1. The van der Waals surface area contributed by atoms with Gasteiger partial charge in [0.2, 0.25) is 5.78 Å². The van der Waals surface area contributed by atoms with Crippen LogP contribution in [0.4, 0.5) is 0 Å². The first-order valence-corrected chi connectivity index (χ1v) is 7.08. The van der Waals surface area contributed by atoms with Crippen molar-refractivity contribution in [2.24, 2.45) is 0 Å². The molecule has 0 saturated carbocycles. The molecule has 6 heteroatoms. The molecule has 2 aromatic rings. The molecule has 1 unspecified atom stereocenters. The highest BCUT2D eigenvalue weighted by molar-refractivity contribution is 7.12. The van der Waals surface area contributed by atoms with Crippen molar-refractivity contribution in [3.8, 4) is 5.75 Å². The zero-order valence-corrected chi connectivity index (χ0v) is 11.7. The second-order valence-electron chi connectivity index (χ2n) is 4.44. The van der Waals surface area contributed by atoms with Crippen molar-refractivity contribution in [1.29, 1.82) is 0 Å². The van der Waals surface area contributed by atoms with Gasteiger partial charge in [0, 0.05) is 17.5 Å². The van der Waals surface area contributed by atoms with Crippen LogP contribution < -0.4 is 4.74 Å². The van der Waals surface area contributed by atoms with E-state index < -0.39 is 11.0 Å². The van der Waals surface area contributed by atoms with E-state index in [1.165, 1.54) is 11.3 Å². The summed E-state index contributed by atoms with van der Waals surface area (Å²) in [5.74, 6) is -0.920. The first-order chi connectivity index (χ1) is 9.49. The van der Waals surface area contributed by atoms with Crippen molar-refractivity contribution in [2.75, 3.05) is 0 Å². The van der Waals surface area contributed by atoms with Crippen LogP contribution in [0.25, 0.3) is 0 Å². The lowest BCUT2D eigenvalue weighted by molar-refractivity contribution is -0.147. The summed E-state index contributed by atoms with van der Waals surface area (Å²) in [6, 6.07) is 8.40. The first kappa shape index (κ1) is 13.1. The third kappa shape index (κ3) is 2.09. The quantitative estimate of drug-likeness (QED) is 0.699. The van der Waals surface area contributed by atoms with E-state index in [2.05, 4.69) is 0 Å². The highest BCUT2D eigenvalue weighted by Crippen LogP contribution is 2.38. The molecule has 3 rings (SSSR count). The van der Waals surface area contributed by atoms with Crippen LogP contribution in [0.3, 0.4) is 0 Å². The molecule has 1 atom stereocenters. The van der Waals surface area contributed by atoms with Gasteiger partial charge in [0.25, 0.3) is 5.06 Å². The summed E-state index contributed by atoms with van der Waals surface area (Å²) in [6.45, 7) is 0. The maximum atomic E-state index is 12.2. The molecule has 1 aromatic heterocycles. The fourth-order valence-corrected chi connectivity index (χ4v) is 3.00. The lowest BCUT2D eigenvalue weighted by Gasteiger charge is -2.14. The van der Waals surface area contributed by atoms with Gasteiger partial charge >= 0.3 is 5.97 Å². The van der Waals surface area contributed by atoms with E-state index in [-0.39, 0.29) is 12.2 Å². The Hall–Kier alpha value is -1.85. The number of carboxylic acid groups (broad SMARTS) is 1. The largest absolute Gasteiger partial charge is 0.477 e. The summed E-state index contributed by atoms with van der Waals surface area (Å²) < 4.78 is 5.24. The Morgan fingerprint density at radius 1 is 1.35 bits per heavy atom. The molecule has 1 aliphatic rings. The maximum absolute atomic E-state index is 12.2. The van der Waals surface area contributed by atoms with Crippen LogP contribution in [-0.4, -0.2) is 21.9 Å². The number of benzene rings is 1. The number of ketones is 1. The second-order valence-corrected chi connectivity index (χ2v) is 6.00. The second kappa shape index (κ2) is 4.61. The van der Waals surface area contributed by atoms with Gasteiger partial charge in [-0.2, -0.15) is 0 Å². The van der Waals surface area contributed by atoms with E-state index >= 15 is 0 Å². The predicted octanol–water partition coefficient (Wildman–Crippen LogP) is 2.93. The van der Waals surface area contributed by atoms with E-state index in [0.717, 1.165) is 0 Å². The van der Waals surface area contributed by atoms with Gasteiger partial charge in [-0.05, 0) is 29.6 Å². The van der Waals surface area contributed by atoms with Crippen molar-refractivity contribution in [2.45, 2.75) is 11.5 Å². The van der Waals surface area contributed by atoms with Gasteiger partial charge in [-0.1, -0.05) is 17.7 Å². The molecule has 102 valence electrons. The highest BCUT2D eigenvalue weighted by atomic mass is 35.5. The molecule has 1 aliphatic heterocycles. The van der Waals surface area contributed by atoms with Gasteiger partial charge in [-0.15, -0.1) is 11.3 Å². The number of carbonyl (C=O) groups excluding carboxylic acids is 1. The van der Waals surface area contributed by atoms with Crippen molar-refractivity contribution in [3.63, 3.8) is 0 Å². The summed E-state index contributed by atoms with van der Waals surface area (Å²) in [7, 11) is 0. The average molecular weight is 309 g/mol. The Morgan fingerprint density at radius 2 is 2.15 bits per heavy atom. The van der Waals surface area contributed by atoms with Crippen LogP contribution >= 0.6 is 22.9 Å². The van der Waals surface area contributed by atoms with Crippen molar-refractivity contribution >= 4 is 34.7 Å². The lowest BCUT2D eigenvalue weighted by Crippen LogP contribution is -2.36. The third-order valence-corrected chi connectivity index (χ3v) is 4.32. The van der Waals surface area contributed by atoms with E-state index in [1.807, 2.05) is 11.4 Å². The van der Waals surface area contributed by atoms with Gasteiger partial charge in [0.15, 0.2) is 0 Å². The molecule has 20 heavy (non-hydrogen) atoms. The summed E-state index contributed by atoms with van der Waals surface area (Å²) in [5.41, 5.74) is 1.13. The normalized spacial score (nSPS) is 20.2. The average Bonchev–Trinajstić information content (AvgIpc) is 3.03. The van der Waals surface area contributed by atoms with Crippen LogP contribution in [0.1, 0.15) is 20.8 Å². The number of rotatable bonds is 3. The minimum atomic E-state index is -1.77. The van der Waals surface area contributed by atoms with Crippen LogP contribution in [0.15, 0.2) is 35.7 Å². The topological polar surface area (TPSA) is 63.6 Å². The zero-order valence-electron chi connectivity index (χ0n) is 10.1. The number of hydrogen-bond donors (Lipinski definition) is 1. The van der Waals surface area contributed by atoms with Crippen molar-refractivity contribution < 1.29 is 19.4 Å². The summed E-state index contributed by atoms with van der Waals surface area (Å²) in [6.07, 6.45) is 0.0325.